The molecule has 0 unspecified atom stereocenters. The minimum absolute atomic E-state index is 0.278. The maximum atomic E-state index is 14.4. The molecule has 0 saturated heterocycles. The molecule has 0 bridgehead atoms. The molecule has 0 amide bonds. The summed E-state index contributed by atoms with van der Waals surface area (Å²) in [4.78, 5) is 4.23. The van der Waals surface area contributed by atoms with Gasteiger partial charge in [0.15, 0.2) is 5.13 Å². The smallest absolute Gasteiger partial charge is 0.181 e. The summed E-state index contributed by atoms with van der Waals surface area (Å²) in [6, 6.07) is 8.87. The third-order valence-electron chi connectivity index (χ3n) is 2.93. The third kappa shape index (κ3) is 2.07. The lowest BCUT2D eigenvalue weighted by molar-refractivity contribution is 0.623. The first-order chi connectivity index (χ1) is 9.06. The summed E-state index contributed by atoms with van der Waals surface area (Å²) in [5.41, 5.74) is 8.07. The number of benzene rings is 2. The molecule has 3 aromatic rings. The Labute approximate surface area is 118 Å². The normalized spacial score (nSPS) is 11.1. The molecule has 3 rings (SSSR count). The number of rotatable bonds is 1. The molecule has 0 saturated carbocycles. The largest absolute Gasteiger partial charge is 0.375 e. The van der Waals surface area contributed by atoms with Gasteiger partial charge in [-0.05, 0) is 36.2 Å². The molecule has 96 valence electrons. The van der Waals surface area contributed by atoms with Gasteiger partial charge in [0.1, 0.15) is 5.82 Å². The minimum Gasteiger partial charge on any atom is -0.375 e. The lowest BCUT2D eigenvalue weighted by Gasteiger charge is -2.07. The zero-order valence-electron chi connectivity index (χ0n) is 10.1. The van der Waals surface area contributed by atoms with Gasteiger partial charge in [-0.2, -0.15) is 0 Å². The molecule has 2 nitrogen and oxygen atoms in total. The molecule has 0 spiro atoms. The number of hydrogen-bond acceptors (Lipinski definition) is 3. The average Bonchev–Trinajstić information content (AvgIpc) is 2.70. The zero-order valence-corrected chi connectivity index (χ0v) is 11.6. The van der Waals surface area contributed by atoms with Crippen molar-refractivity contribution < 1.29 is 4.39 Å². The summed E-state index contributed by atoms with van der Waals surface area (Å²) in [6.45, 7) is 1.73. The van der Waals surface area contributed by atoms with Crippen LogP contribution in [0.2, 0.25) is 5.02 Å². The van der Waals surface area contributed by atoms with E-state index in [0.29, 0.717) is 32.4 Å². The maximum absolute atomic E-state index is 14.4. The van der Waals surface area contributed by atoms with Crippen molar-refractivity contribution in [3.05, 3.63) is 46.7 Å². The topological polar surface area (TPSA) is 38.9 Å². The van der Waals surface area contributed by atoms with Gasteiger partial charge < -0.3 is 5.73 Å². The Morgan fingerprint density at radius 3 is 2.84 bits per heavy atom. The number of nitrogens with zero attached hydrogens (tertiary/aromatic N) is 1. The molecule has 5 heteroatoms. The monoisotopic (exact) mass is 292 g/mol. The quantitative estimate of drug-likeness (QED) is 0.709. The van der Waals surface area contributed by atoms with Crippen molar-refractivity contribution in [3.63, 3.8) is 0 Å². The van der Waals surface area contributed by atoms with E-state index in [1.54, 1.807) is 31.2 Å². The highest BCUT2D eigenvalue weighted by atomic mass is 35.5. The van der Waals surface area contributed by atoms with Crippen molar-refractivity contribution in [2.24, 2.45) is 0 Å². The lowest BCUT2D eigenvalue weighted by atomic mass is 10.0. The molecule has 1 aromatic heterocycles. The first kappa shape index (κ1) is 12.4. The highest BCUT2D eigenvalue weighted by Gasteiger charge is 2.16. The van der Waals surface area contributed by atoms with E-state index in [1.807, 2.05) is 6.07 Å². The summed E-state index contributed by atoms with van der Waals surface area (Å²) in [6.07, 6.45) is 0. The van der Waals surface area contributed by atoms with Crippen molar-refractivity contribution in [1.29, 1.82) is 0 Å². The van der Waals surface area contributed by atoms with Crippen LogP contribution in [-0.2, 0) is 0 Å². The molecule has 1 heterocycles. The highest BCUT2D eigenvalue weighted by Crippen LogP contribution is 2.37. The summed E-state index contributed by atoms with van der Waals surface area (Å²) in [5, 5.41) is 0.998. The van der Waals surface area contributed by atoms with Crippen molar-refractivity contribution in [2.75, 3.05) is 5.73 Å². The van der Waals surface area contributed by atoms with Crippen LogP contribution >= 0.6 is 22.9 Å². The van der Waals surface area contributed by atoms with E-state index in [0.717, 1.165) is 4.70 Å². The van der Waals surface area contributed by atoms with Gasteiger partial charge >= 0.3 is 0 Å². The van der Waals surface area contributed by atoms with Crippen LogP contribution in [0.1, 0.15) is 5.56 Å². The maximum Gasteiger partial charge on any atom is 0.181 e. The highest BCUT2D eigenvalue weighted by molar-refractivity contribution is 7.22. The molecule has 2 aromatic carbocycles. The molecule has 0 radical (unpaired) electrons. The predicted octanol–water partition coefficient (Wildman–Crippen LogP) is 4.65. The number of aryl methyl sites for hydroxylation is 1. The summed E-state index contributed by atoms with van der Waals surface area (Å²) < 4.78 is 15.3. The Bertz CT molecular complexity index is 782. The number of hydrogen-bond donors (Lipinski definition) is 1. The van der Waals surface area contributed by atoms with Gasteiger partial charge in [-0.15, -0.1) is 0 Å². The number of aromatic nitrogens is 1. The minimum atomic E-state index is -0.278. The zero-order chi connectivity index (χ0) is 13.6. The van der Waals surface area contributed by atoms with E-state index in [9.17, 15) is 4.39 Å². The number of thiazole rings is 1. The Hall–Kier alpha value is -1.65. The first-order valence-corrected chi connectivity index (χ1v) is 6.87. The van der Waals surface area contributed by atoms with Gasteiger partial charge in [0, 0.05) is 10.6 Å². The number of halogens is 2. The van der Waals surface area contributed by atoms with Gasteiger partial charge in [0.05, 0.1) is 10.2 Å². The van der Waals surface area contributed by atoms with Crippen LogP contribution in [0.5, 0.6) is 0 Å². The van der Waals surface area contributed by atoms with Crippen molar-refractivity contribution in [2.45, 2.75) is 6.92 Å². The number of fused-ring (bicyclic) bond motifs is 1. The molecule has 0 aliphatic carbocycles. The van der Waals surface area contributed by atoms with Gasteiger partial charge in [-0.1, -0.05) is 35.1 Å². The molecule has 0 atom stereocenters. The van der Waals surface area contributed by atoms with Crippen LogP contribution in [0.15, 0.2) is 30.3 Å². The molecule has 0 aliphatic rings. The van der Waals surface area contributed by atoms with Crippen LogP contribution in [0.25, 0.3) is 21.3 Å². The summed E-state index contributed by atoms with van der Waals surface area (Å²) >= 11 is 7.33. The SMILES string of the molecule is Cc1cc2sc(N)nc2c(-c2cccc(Cl)c2)c1F. The van der Waals surface area contributed by atoms with E-state index in [-0.39, 0.29) is 5.82 Å². The molecular formula is C14H10ClFN2S. The Balaban J connectivity index is 2.41. The van der Waals surface area contributed by atoms with Crippen LogP contribution in [-0.4, -0.2) is 4.98 Å². The Morgan fingerprint density at radius 2 is 2.11 bits per heavy atom. The van der Waals surface area contributed by atoms with Crippen LogP contribution < -0.4 is 5.73 Å². The van der Waals surface area contributed by atoms with E-state index < -0.39 is 0 Å². The van der Waals surface area contributed by atoms with Crippen molar-refractivity contribution in [1.82, 2.24) is 4.98 Å². The number of nitrogens with two attached hydrogens (primary N) is 1. The second kappa shape index (κ2) is 4.47. The summed E-state index contributed by atoms with van der Waals surface area (Å²) in [5.74, 6) is -0.278. The molecule has 0 fully saturated rings. The molecular weight excluding hydrogens is 283 g/mol. The van der Waals surface area contributed by atoms with E-state index in [4.69, 9.17) is 17.3 Å². The molecule has 0 aliphatic heterocycles. The van der Waals surface area contributed by atoms with E-state index in [1.165, 1.54) is 11.3 Å². The predicted molar refractivity (Wildman–Crippen MR) is 79.2 cm³/mol. The standard InChI is InChI=1S/C14H10ClFN2S/c1-7-5-10-13(18-14(17)19-10)11(12(7)16)8-3-2-4-9(15)6-8/h2-6H,1H3,(H2,17,18). The average molecular weight is 293 g/mol. The van der Waals surface area contributed by atoms with Gasteiger partial charge in [-0.3, -0.25) is 0 Å². The van der Waals surface area contributed by atoms with E-state index >= 15 is 0 Å². The second-order valence-corrected chi connectivity index (χ2v) is 5.79. The molecule has 19 heavy (non-hydrogen) atoms. The second-order valence-electron chi connectivity index (χ2n) is 4.29. The number of nitrogen functional groups attached to an aromatic ring is 1. The van der Waals surface area contributed by atoms with Crippen LogP contribution in [0.3, 0.4) is 0 Å². The van der Waals surface area contributed by atoms with E-state index in [2.05, 4.69) is 4.98 Å². The fourth-order valence-electron chi connectivity index (χ4n) is 2.09. The lowest BCUT2D eigenvalue weighted by Crippen LogP contribution is -1.91. The van der Waals surface area contributed by atoms with Crippen LogP contribution in [0.4, 0.5) is 9.52 Å². The van der Waals surface area contributed by atoms with Gasteiger partial charge in [-0.25, -0.2) is 9.37 Å². The first-order valence-electron chi connectivity index (χ1n) is 5.67. The van der Waals surface area contributed by atoms with Crippen LogP contribution in [0, 0.1) is 12.7 Å². The van der Waals surface area contributed by atoms with Crippen molar-refractivity contribution in [3.8, 4) is 11.1 Å². The van der Waals surface area contributed by atoms with Crippen molar-refractivity contribution >= 4 is 38.3 Å². The fraction of sp³-hybridized carbons (Fsp3) is 0.0714. The molecule has 2 N–H and O–H groups in total. The summed E-state index contributed by atoms with van der Waals surface area (Å²) in [7, 11) is 0. The fourth-order valence-corrected chi connectivity index (χ4v) is 3.13. The Kier molecular flexibility index (Phi) is 2.92. The Morgan fingerprint density at radius 1 is 1.32 bits per heavy atom. The number of anilines is 1. The van der Waals surface area contributed by atoms with Gasteiger partial charge in [0.2, 0.25) is 0 Å². The van der Waals surface area contributed by atoms with Gasteiger partial charge in [0.25, 0.3) is 0 Å². The third-order valence-corrected chi connectivity index (χ3v) is 4.00.